The molecular weight excluding hydrogens is 492 g/mol. The first-order chi connectivity index (χ1) is 17.8. The predicted octanol–water partition coefficient (Wildman–Crippen LogP) is 4.53. The molecule has 0 unspecified atom stereocenters. The Kier molecular flexibility index (Phi) is 7.40. The number of fused-ring (bicyclic) bond motifs is 1. The van der Waals surface area contributed by atoms with Crippen LogP contribution in [-0.4, -0.2) is 76.6 Å². The molecule has 2 fully saturated rings. The maximum atomic E-state index is 13.6. The van der Waals surface area contributed by atoms with Gasteiger partial charge in [-0.25, -0.2) is 4.98 Å². The lowest BCUT2D eigenvalue weighted by Crippen LogP contribution is -2.58. The van der Waals surface area contributed by atoms with Gasteiger partial charge >= 0.3 is 0 Å². The fourth-order valence-corrected chi connectivity index (χ4v) is 5.29. The Morgan fingerprint density at radius 2 is 1.89 bits per heavy atom. The molecule has 0 radical (unpaired) electrons. The second kappa shape index (κ2) is 10.7. The number of halogens is 1. The highest BCUT2D eigenvalue weighted by Crippen LogP contribution is 2.29. The number of nitrogens with one attached hydrogen (secondary N) is 1. The van der Waals surface area contributed by atoms with Crippen LogP contribution in [0.1, 0.15) is 47.4 Å². The summed E-state index contributed by atoms with van der Waals surface area (Å²) in [6.45, 7) is 6.51. The average molecular weight is 525 g/mol. The van der Waals surface area contributed by atoms with Crippen LogP contribution in [0.3, 0.4) is 0 Å². The number of likely N-dealkylation sites (tertiary alicyclic amines) is 1. The van der Waals surface area contributed by atoms with Crippen LogP contribution >= 0.6 is 11.6 Å². The van der Waals surface area contributed by atoms with Gasteiger partial charge in [0, 0.05) is 30.2 Å². The summed E-state index contributed by atoms with van der Waals surface area (Å²) in [5.74, 6) is 1.39. The molecule has 196 valence electrons. The summed E-state index contributed by atoms with van der Waals surface area (Å²) >= 11 is 6.18. The van der Waals surface area contributed by atoms with E-state index in [0.29, 0.717) is 29.5 Å². The highest BCUT2D eigenvalue weighted by atomic mass is 35.5. The Morgan fingerprint density at radius 1 is 1.08 bits per heavy atom. The zero-order valence-electron chi connectivity index (χ0n) is 21.4. The lowest BCUT2D eigenvalue weighted by molar-refractivity contribution is -0.153. The van der Waals surface area contributed by atoms with Crippen LogP contribution in [-0.2, 0) is 9.53 Å². The van der Waals surface area contributed by atoms with E-state index in [0.717, 1.165) is 54.8 Å². The van der Waals surface area contributed by atoms with Crippen molar-refractivity contribution in [1.82, 2.24) is 19.8 Å². The van der Waals surface area contributed by atoms with Crippen molar-refractivity contribution in [3.8, 4) is 5.75 Å². The van der Waals surface area contributed by atoms with Crippen molar-refractivity contribution < 1.29 is 19.1 Å². The first-order valence-corrected chi connectivity index (χ1v) is 13.3. The number of carbonyl (C=O) groups excluding carboxylic acids is 2. The molecule has 2 saturated heterocycles. The molecule has 2 amide bonds. The first-order valence-electron chi connectivity index (χ1n) is 12.9. The molecule has 3 aromatic rings. The largest absolute Gasteiger partial charge is 0.490 e. The van der Waals surface area contributed by atoms with Crippen LogP contribution in [0.25, 0.3) is 11.0 Å². The van der Waals surface area contributed by atoms with Gasteiger partial charge in [0.15, 0.2) is 0 Å². The molecule has 1 aromatic heterocycles. The van der Waals surface area contributed by atoms with Gasteiger partial charge in [-0.2, -0.15) is 0 Å². The molecule has 8 nitrogen and oxygen atoms in total. The quantitative estimate of drug-likeness (QED) is 0.512. The Balaban J connectivity index is 1.37. The SMILES string of the molecule is Cc1nc2ccc(C(=O)N3CCO[C@@](COc4ccc(Cl)c(C)c4)(CC(=O)N4CCCCC4)C3)cc2[nH]1. The van der Waals surface area contributed by atoms with Crippen molar-refractivity contribution in [3.63, 3.8) is 0 Å². The van der Waals surface area contributed by atoms with Crippen LogP contribution in [0, 0.1) is 13.8 Å². The molecule has 0 spiro atoms. The molecule has 2 aliphatic rings. The third-order valence-electron chi connectivity index (χ3n) is 7.20. The number of nitrogens with zero attached hydrogens (tertiary/aromatic N) is 3. The third-order valence-corrected chi connectivity index (χ3v) is 7.62. The van der Waals surface area contributed by atoms with Crippen molar-refractivity contribution in [1.29, 1.82) is 0 Å². The number of piperidine rings is 1. The molecule has 1 atom stereocenters. The predicted molar refractivity (Wildman–Crippen MR) is 142 cm³/mol. The number of amides is 2. The number of H-pyrrole nitrogens is 1. The fourth-order valence-electron chi connectivity index (χ4n) is 5.17. The van der Waals surface area contributed by atoms with E-state index < -0.39 is 5.60 Å². The smallest absolute Gasteiger partial charge is 0.254 e. The summed E-state index contributed by atoms with van der Waals surface area (Å²) in [5, 5.41) is 0.664. The van der Waals surface area contributed by atoms with Gasteiger partial charge in [-0.05, 0) is 75.1 Å². The summed E-state index contributed by atoms with van der Waals surface area (Å²) < 4.78 is 12.4. The van der Waals surface area contributed by atoms with E-state index in [1.807, 2.05) is 43.0 Å². The Morgan fingerprint density at radius 3 is 2.68 bits per heavy atom. The van der Waals surface area contributed by atoms with Crippen molar-refractivity contribution in [3.05, 3.63) is 58.4 Å². The number of carbonyl (C=O) groups is 2. The molecule has 1 N–H and O–H groups in total. The van der Waals surface area contributed by atoms with Gasteiger partial charge in [0.2, 0.25) is 5.91 Å². The number of ether oxygens (including phenoxy) is 2. The van der Waals surface area contributed by atoms with Crippen molar-refractivity contribution in [2.75, 3.05) is 39.4 Å². The number of morpholine rings is 1. The Hall–Kier alpha value is -3.10. The van der Waals surface area contributed by atoms with Crippen molar-refractivity contribution in [2.45, 2.75) is 45.1 Å². The highest BCUT2D eigenvalue weighted by molar-refractivity contribution is 6.31. The van der Waals surface area contributed by atoms with Crippen LogP contribution in [0.15, 0.2) is 36.4 Å². The zero-order valence-corrected chi connectivity index (χ0v) is 22.1. The number of hydrogen-bond acceptors (Lipinski definition) is 5. The summed E-state index contributed by atoms with van der Waals surface area (Å²) in [4.78, 5) is 38.2. The third kappa shape index (κ3) is 5.75. The van der Waals surface area contributed by atoms with E-state index in [9.17, 15) is 9.59 Å². The van der Waals surface area contributed by atoms with Crippen LogP contribution < -0.4 is 4.74 Å². The second-order valence-electron chi connectivity index (χ2n) is 10.1. The van der Waals surface area contributed by atoms with Gasteiger partial charge in [-0.3, -0.25) is 9.59 Å². The monoisotopic (exact) mass is 524 g/mol. The number of imidazole rings is 1. The van der Waals surface area contributed by atoms with Gasteiger partial charge in [0.05, 0.1) is 30.6 Å². The van der Waals surface area contributed by atoms with Gasteiger partial charge in [0.25, 0.3) is 5.91 Å². The standard InChI is InChI=1S/C28H33ClN4O4/c1-19-14-22(7-8-23(19)29)36-18-28(16-26(34)32-10-4-3-5-11-32)17-33(12-13-37-28)27(35)21-6-9-24-25(15-21)31-20(2)30-24/h6-9,14-15H,3-5,10-13,16-18H2,1-2H3,(H,30,31)/t28-/m0/s1. The highest BCUT2D eigenvalue weighted by Gasteiger charge is 2.42. The van der Waals surface area contributed by atoms with E-state index in [4.69, 9.17) is 21.1 Å². The average Bonchev–Trinajstić information content (AvgIpc) is 3.29. The van der Waals surface area contributed by atoms with Crippen LogP contribution in [0.2, 0.25) is 5.02 Å². The number of aromatic nitrogens is 2. The Bertz CT molecular complexity index is 1300. The minimum atomic E-state index is -0.954. The normalized spacial score (nSPS) is 20.3. The number of aryl methyl sites for hydroxylation is 2. The fraction of sp³-hybridized carbons (Fsp3) is 0.464. The van der Waals surface area contributed by atoms with Crippen LogP contribution in [0.5, 0.6) is 5.75 Å². The van der Waals surface area contributed by atoms with E-state index >= 15 is 0 Å². The molecule has 5 rings (SSSR count). The lowest BCUT2D eigenvalue weighted by Gasteiger charge is -2.43. The zero-order chi connectivity index (χ0) is 26.0. The number of rotatable bonds is 6. The van der Waals surface area contributed by atoms with Gasteiger partial charge in [-0.1, -0.05) is 11.6 Å². The van der Waals surface area contributed by atoms with Crippen molar-refractivity contribution in [2.24, 2.45) is 0 Å². The molecule has 2 aliphatic heterocycles. The number of hydrogen-bond donors (Lipinski definition) is 1. The van der Waals surface area contributed by atoms with Crippen molar-refractivity contribution >= 4 is 34.4 Å². The number of benzene rings is 2. The molecule has 0 aliphatic carbocycles. The van der Waals surface area contributed by atoms with Gasteiger partial charge < -0.3 is 24.3 Å². The molecule has 0 bridgehead atoms. The molecule has 2 aromatic carbocycles. The van der Waals surface area contributed by atoms with E-state index in [2.05, 4.69) is 9.97 Å². The molecule has 3 heterocycles. The summed E-state index contributed by atoms with van der Waals surface area (Å²) in [7, 11) is 0. The van der Waals surface area contributed by atoms with E-state index in [1.54, 1.807) is 17.0 Å². The number of aromatic amines is 1. The summed E-state index contributed by atoms with van der Waals surface area (Å²) in [6, 6.07) is 11.0. The summed E-state index contributed by atoms with van der Waals surface area (Å²) in [6.07, 6.45) is 3.33. The van der Waals surface area contributed by atoms with Crippen LogP contribution in [0.4, 0.5) is 0 Å². The minimum Gasteiger partial charge on any atom is -0.490 e. The van der Waals surface area contributed by atoms with Gasteiger partial charge in [-0.15, -0.1) is 0 Å². The lowest BCUT2D eigenvalue weighted by atomic mass is 9.95. The molecule has 0 saturated carbocycles. The van der Waals surface area contributed by atoms with E-state index in [1.165, 1.54) is 0 Å². The van der Waals surface area contributed by atoms with Gasteiger partial charge in [0.1, 0.15) is 23.8 Å². The second-order valence-corrected chi connectivity index (χ2v) is 10.5. The van der Waals surface area contributed by atoms with E-state index in [-0.39, 0.29) is 31.4 Å². The topological polar surface area (TPSA) is 87.8 Å². The summed E-state index contributed by atoms with van der Waals surface area (Å²) in [5.41, 5.74) is 2.17. The Labute approximate surface area is 221 Å². The maximum absolute atomic E-state index is 13.6. The minimum absolute atomic E-state index is 0.0410. The maximum Gasteiger partial charge on any atom is 0.254 e. The molecular formula is C28H33ClN4O4. The first kappa shape index (κ1) is 25.5. The molecule has 9 heteroatoms. The molecule has 37 heavy (non-hydrogen) atoms.